The quantitative estimate of drug-likeness (QED) is 0.843. The molecule has 0 aliphatic carbocycles. The van der Waals surface area contributed by atoms with Crippen LogP contribution in [0.15, 0.2) is 46.7 Å². The van der Waals surface area contributed by atoms with Crippen LogP contribution >= 0.6 is 0 Å². The molecular weight excluding hydrogens is 228 g/mol. The van der Waals surface area contributed by atoms with Crippen molar-refractivity contribution in [1.29, 1.82) is 0 Å². The lowest BCUT2D eigenvalue weighted by atomic mass is 10.0. The van der Waals surface area contributed by atoms with Gasteiger partial charge in [-0.25, -0.2) is 13.2 Å². The second-order valence-electron chi connectivity index (χ2n) is 3.32. The first-order valence-corrected chi connectivity index (χ1v) is 6.08. The molecule has 0 amide bonds. The summed E-state index contributed by atoms with van der Waals surface area (Å²) < 4.78 is 22.6. The van der Waals surface area contributed by atoms with E-state index in [0.29, 0.717) is 5.56 Å². The summed E-state index contributed by atoms with van der Waals surface area (Å²) in [5, 5.41) is 10.7. The molecule has 0 saturated heterocycles. The van der Waals surface area contributed by atoms with Crippen molar-refractivity contribution in [1.82, 2.24) is 0 Å². The molecule has 0 saturated carbocycles. The van der Waals surface area contributed by atoms with Crippen LogP contribution in [0.3, 0.4) is 0 Å². The number of hydrogen-bond acceptors (Lipinski definition) is 3. The maximum absolute atomic E-state index is 11.3. The summed E-state index contributed by atoms with van der Waals surface area (Å²) in [7, 11) is -3.54. The van der Waals surface area contributed by atoms with Crippen LogP contribution in [0.4, 0.5) is 0 Å². The predicted molar refractivity (Wildman–Crippen MR) is 59.1 cm³/mol. The van der Waals surface area contributed by atoms with Gasteiger partial charge < -0.3 is 5.11 Å². The Balaban J connectivity index is 2.59. The van der Waals surface area contributed by atoms with E-state index in [-0.39, 0.29) is 11.1 Å². The van der Waals surface area contributed by atoms with Crippen molar-refractivity contribution in [3.8, 4) is 0 Å². The van der Waals surface area contributed by atoms with Gasteiger partial charge in [-0.2, -0.15) is 0 Å². The average molecular weight is 236 g/mol. The van der Waals surface area contributed by atoms with Crippen LogP contribution in [0.1, 0.15) is 5.56 Å². The number of carboxylic acid groups (broad SMARTS) is 1. The van der Waals surface area contributed by atoms with Crippen molar-refractivity contribution in [2.45, 2.75) is 0 Å². The SMILES string of the molecule is O=C(O)C1=CS(=O)(=O)C=C1c1ccccc1. The van der Waals surface area contributed by atoms with Gasteiger partial charge in [0.15, 0.2) is 9.84 Å². The molecule has 1 aliphatic rings. The van der Waals surface area contributed by atoms with Crippen molar-refractivity contribution < 1.29 is 18.3 Å². The number of carbonyl (C=O) groups is 1. The largest absolute Gasteiger partial charge is 0.478 e. The van der Waals surface area contributed by atoms with Crippen LogP contribution in [0.25, 0.3) is 5.57 Å². The van der Waals surface area contributed by atoms with Crippen LogP contribution < -0.4 is 0 Å². The summed E-state index contributed by atoms with van der Waals surface area (Å²) in [6, 6.07) is 8.56. The molecule has 0 fully saturated rings. The lowest BCUT2D eigenvalue weighted by Gasteiger charge is -2.02. The monoisotopic (exact) mass is 236 g/mol. The van der Waals surface area contributed by atoms with E-state index in [4.69, 9.17) is 5.11 Å². The van der Waals surface area contributed by atoms with Gasteiger partial charge in [0.05, 0.1) is 11.0 Å². The number of rotatable bonds is 2. The third kappa shape index (κ3) is 1.90. The first-order chi connectivity index (χ1) is 7.49. The number of sulfone groups is 1. The summed E-state index contributed by atoms with van der Waals surface area (Å²) in [6.07, 6.45) is 0. The van der Waals surface area contributed by atoms with E-state index in [0.717, 1.165) is 10.8 Å². The average Bonchev–Trinajstić information content (AvgIpc) is 2.56. The highest BCUT2D eigenvalue weighted by Crippen LogP contribution is 2.30. The summed E-state index contributed by atoms with van der Waals surface area (Å²) in [5.41, 5.74) is 0.622. The Kier molecular flexibility index (Phi) is 2.40. The molecule has 0 spiro atoms. The van der Waals surface area contributed by atoms with Crippen molar-refractivity contribution >= 4 is 21.4 Å². The van der Waals surface area contributed by atoms with Crippen molar-refractivity contribution in [3.63, 3.8) is 0 Å². The first-order valence-electron chi connectivity index (χ1n) is 4.47. The van der Waals surface area contributed by atoms with Gasteiger partial charge in [0.25, 0.3) is 0 Å². The van der Waals surface area contributed by atoms with Gasteiger partial charge in [-0.3, -0.25) is 0 Å². The lowest BCUT2D eigenvalue weighted by molar-refractivity contribution is -0.132. The Morgan fingerprint density at radius 3 is 2.25 bits per heavy atom. The first kappa shape index (κ1) is 10.6. The number of aliphatic carboxylic acids is 1. The van der Waals surface area contributed by atoms with Crippen LogP contribution in [-0.2, 0) is 14.6 Å². The van der Waals surface area contributed by atoms with Gasteiger partial charge in [-0.1, -0.05) is 30.3 Å². The van der Waals surface area contributed by atoms with Gasteiger partial charge in [-0.05, 0) is 5.56 Å². The predicted octanol–water partition coefficient (Wildman–Crippen LogP) is 1.42. The van der Waals surface area contributed by atoms with E-state index in [2.05, 4.69) is 0 Å². The zero-order chi connectivity index (χ0) is 11.8. The molecule has 0 radical (unpaired) electrons. The zero-order valence-electron chi connectivity index (χ0n) is 8.12. The smallest absolute Gasteiger partial charge is 0.337 e. The molecule has 2 rings (SSSR count). The highest BCUT2D eigenvalue weighted by Gasteiger charge is 2.25. The van der Waals surface area contributed by atoms with E-state index >= 15 is 0 Å². The molecule has 0 atom stereocenters. The summed E-state index contributed by atoms with van der Waals surface area (Å²) in [4.78, 5) is 10.9. The fourth-order valence-corrected chi connectivity index (χ4v) is 2.71. The number of benzene rings is 1. The van der Waals surface area contributed by atoms with E-state index < -0.39 is 15.8 Å². The molecule has 1 aliphatic heterocycles. The summed E-state index contributed by atoms with van der Waals surface area (Å²) in [5.74, 6) is -1.24. The molecular formula is C11H8O4S. The van der Waals surface area contributed by atoms with Crippen molar-refractivity contribution in [3.05, 3.63) is 52.3 Å². The van der Waals surface area contributed by atoms with Gasteiger partial charge >= 0.3 is 5.97 Å². The fraction of sp³-hybridized carbons (Fsp3) is 0. The molecule has 1 heterocycles. The van der Waals surface area contributed by atoms with E-state index in [1.807, 2.05) is 0 Å². The van der Waals surface area contributed by atoms with Crippen LogP contribution in [-0.4, -0.2) is 19.5 Å². The minimum atomic E-state index is -3.54. The Bertz CT molecular complexity index is 594. The fourth-order valence-electron chi connectivity index (χ4n) is 1.50. The molecule has 82 valence electrons. The number of hydrogen-bond donors (Lipinski definition) is 1. The highest BCUT2D eigenvalue weighted by atomic mass is 32.2. The standard InChI is InChI=1S/C11H8O4S/c12-11(13)10-7-16(14,15)6-9(10)8-4-2-1-3-5-8/h1-7H,(H,12,13). The Morgan fingerprint density at radius 2 is 1.69 bits per heavy atom. The lowest BCUT2D eigenvalue weighted by Crippen LogP contribution is -2.00. The van der Waals surface area contributed by atoms with Gasteiger partial charge in [-0.15, -0.1) is 0 Å². The molecule has 1 aromatic rings. The van der Waals surface area contributed by atoms with Crippen molar-refractivity contribution in [2.24, 2.45) is 0 Å². The molecule has 16 heavy (non-hydrogen) atoms. The Morgan fingerprint density at radius 1 is 1.06 bits per heavy atom. The molecule has 0 aromatic heterocycles. The molecule has 4 nitrogen and oxygen atoms in total. The number of carboxylic acids is 1. The zero-order valence-corrected chi connectivity index (χ0v) is 8.94. The minimum Gasteiger partial charge on any atom is -0.478 e. The van der Waals surface area contributed by atoms with Gasteiger partial charge in [0.2, 0.25) is 0 Å². The van der Waals surface area contributed by atoms with Crippen LogP contribution in [0.2, 0.25) is 0 Å². The van der Waals surface area contributed by atoms with Crippen LogP contribution in [0, 0.1) is 0 Å². The molecule has 1 N–H and O–H groups in total. The second-order valence-corrected chi connectivity index (χ2v) is 4.97. The molecule has 0 bridgehead atoms. The van der Waals surface area contributed by atoms with E-state index in [9.17, 15) is 13.2 Å². The maximum atomic E-state index is 11.3. The van der Waals surface area contributed by atoms with E-state index in [1.54, 1.807) is 30.3 Å². The molecule has 0 unspecified atom stereocenters. The van der Waals surface area contributed by atoms with Crippen LogP contribution in [0.5, 0.6) is 0 Å². The third-order valence-electron chi connectivity index (χ3n) is 2.17. The Labute approximate surface area is 92.5 Å². The van der Waals surface area contributed by atoms with Crippen molar-refractivity contribution in [2.75, 3.05) is 0 Å². The minimum absolute atomic E-state index is 0.189. The summed E-state index contributed by atoms with van der Waals surface area (Å²) in [6.45, 7) is 0. The molecule has 1 aromatic carbocycles. The highest BCUT2D eigenvalue weighted by molar-refractivity contribution is 7.97. The van der Waals surface area contributed by atoms with Gasteiger partial charge in [0.1, 0.15) is 0 Å². The normalized spacial score (nSPS) is 17.8. The second kappa shape index (κ2) is 3.61. The van der Waals surface area contributed by atoms with Gasteiger partial charge in [0, 0.05) is 11.0 Å². The molecule has 5 heteroatoms. The summed E-state index contributed by atoms with van der Waals surface area (Å²) >= 11 is 0. The third-order valence-corrected chi connectivity index (χ3v) is 3.30. The van der Waals surface area contributed by atoms with E-state index in [1.165, 1.54) is 0 Å². The maximum Gasteiger partial charge on any atom is 0.337 e. The Hall–Kier alpha value is -1.88. The topological polar surface area (TPSA) is 71.4 Å².